The summed E-state index contributed by atoms with van der Waals surface area (Å²) in [6, 6.07) is 4.70. The summed E-state index contributed by atoms with van der Waals surface area (Å²) in [5.74, 6) is -20.8. The van der Waals surface area contributed by atoms with E-state index >= 15 is 4.39 Å². The topological polar surface area (TPSA) is 43.7 Å². The van der Waals surface area contributed by atoms with Crippen molar-refractivity contribution in [2.75, 3.05) is 20.1 Å². The molecule has 0 heterocycles. The fraction of sp³-hybridized carbons (Fsp3) is 0.829. The van der Waals surface area contributed by atoms with Gasteiger partial charge in [-0.3, -0.25) is 0 Å². The van der Waals surface area contributed by atoms with E-state index in [4.69, 9.17) is 0 Å². The average molecular weight is 760 g/mol. The van der Waals surface area contributed by atoms with Crippen LogP contribution in [0.1, 0.15) is 101 Å². The Morgan fingerprint density at radius 3 is 2.00 bits per heavy atom. The summed E-state index contributed by atoms with van der Waals surface area (Å²) in [6.45, 7) is 2.45. The maximum absolute atomic E-state index is 16.1. The van der Waals surface area contributed by atoms with E-state index in [1.165, 1.54) is 13.0 Å². The summed E-state index contributed by atoms with van der Waals surface area (Å²) in [5.41, 5.74) is -3.21. The number of halogens is 13. The summed E-state index contributed by atoms with van der Waals surface area (Å²) in [7, 11) is 1.79. The minimum Gasteiger partial charge on any atom is -0.508 e. The zero-order valence-corrected chi connectivity index (χ0v) is 28.5. The van der Waals surface area contributed by atoms with Crippen molar-refractivity contribution >= 4 is 0 Å². The first-order chi connectivity index (χ1) is 23.3. The Morgan fingerprint density at radius 1 is 0.824 bits per heavy atom. The van der Waals surface area contributed by atoms with Gasteiger partial charge in [-0.2, -0.15) is 52.7 Å². The third kappa shape index (κ3) is 7.69. The highest BCUT2D eigenvalue weighted by atomic mass is 19.4. The van der Waals surface area contributed by atoms with Crippen molar-refractivity contribution < 1.29 is 67.3 Å². The highest BCUT2D eigenvalue weighted by Crippen LogP contribution is 2.69. The molecule has 0 aliphatic heterocycles. The van der Waals surface area contributed by atoms with Crippen LogP contribution in [0.5, 0.6) is 5.75 Å². The van der Waals surface area contributed by atoms with Crippen LogP contribution in [0.3, 0.4) is 0 Å². The Kier molecular flexibility index (Phi) is 12.0. The molecule has 294 valence electrons. The summed E-state index contributed by atoms with van der Waals surface area (Å²) < 4.78 is 176. The molecule has 0 radical (unpaired) electrons. The van der Waals surface area contributed by atoms with Crippen molar-refractivity contribution in [3.05, 3.63) is 29.3 Å². The molecule has 7 atom stereocenters. The van der Waals surface area contributed by atoms with Gasteiger partial charge in [0.05, 0.1) is 0 Å². The molecule has 51 heavy (non-hydrogen) atoms. The lowest BCUT2D eigenvalue weighted by atomic mass is 9.49. The molecule has 0 spiro atoms. The minimum atomic E-state index is -6.88. The number of rotatable bonds is 15. The first-order valence-electron chi connectivity index (χ1n) is 17.5. The molecule has 1 unspecified atom stereocenters. The zero-order chi connectivity index (χ0) is 38.4. The van der Waals surface area contributed by atoms with Crippen molar-refractivity contribution in [2.24, 2.45) is 23.2 Å². The van der Waals surface area contributed by atoms with Crippen LogP contribution < -0.4 is 0 Å². The van der Waals surface area contributed by atoms with Gasteiger partial charge in [0, 0.05) is 17.8 Å². The van der Waals surface area contributed by atoms with Gasteiger partial charge in [0.1, 0.15) is 11.9 Å². The molecular formula is C35H46F13NO2. The quantitative estimate of drug-likeness (QED) is 0.138. The number of phenols is 1. The highest BCUT2D eigenvalue weighted by Gasteiger charge is 2.81. The number of hydrogen-bond acceptors (Lipinski definition) is 3. The smallest absolute Gasteiger partial charge is 0.460 e. The van der Waals surface area contributed by atoms with Crippen LogP contribution in [0.25, 0.3) is 0 Å². The van der Waals surface area contributed by atoms with E-state index in [9.17, 15) is 62.9 Å². The van der Waals surface area contributed by atoms with E-state index in [0.717, 1.165) is 12.0 Å². The van der Waals surface area contributed by atoms with Gasteiger partial charge in [0.15, 0.2) is 5.60 Å². The normalized spacial score (nSPS) is 30.3. The lowest BCUT2D eigenvalue weighted by molar-refractivity contribution is -0.396. The molecule has 2 saturated carbocycles. The lowest BCUT2D eigenvalue weighted by Crippen LogP contribution is -2.61. The fourth-order valence-corrected chi connectivity index (χ4v) is 9.26. The molecule has 2 fully saturated rings. The standard InChI is InChI=1S/C35H46F13NO2/c1-29-20-26(36)28-24-12-11-23(50)19-22(24)18-21(27(28)25(29)13-15-30(29,51)34(43,44)45)10-6-5-9-17-49(2)16-8-4-3-7-14-31(37,38)32(39,40)33(41,42)35(46,47)48/h11-12,19,21,25-28,50-51H,3-10,13-18,20H2,1-2H3/t21-,25+,26?,27+,28+,29+,30+/m1/s1. The Morgan fingerprint density at radius 2 is 1.41 bits per heavy atom. The van der Waals surface area contributed by atoms with Crippen molar-refractivity contribution in [3.63, 3.8) is 0 Å². The van der Waals surface area contributed by atoms with Crippen LogP contribution in [-0.2, 0) is 6.42 Å². The van der Waals surface area contributed by atoms with Gasteiger partial charge in [0.25, 0.3) is 0 Å². The molecule has 0 bridgehead atoms. The Labute approximate surface area is 288 Å². The molecule has 3 aliphatic carbocycles. The Balaban J connectivity index is 1.25. The molecule has 16 heteroatoms. The van der Waals surface area contributed by atoms with Gasteiger partial charge in [-0.15, -0.1) is 0 Å². The number of fused-ring (bicyclic) bond motifs is 5. The summed E-state index contributed by atoms with van der Waals surface area (Å²) in [4.78, 5) is 1.93. The zero-order valence-electron chi connectivity index (χ0n) is 28.5. The van der Waals surface area contributed by atoms with Gasteiger partial charge < -0.3 is 15.1 Å². The van der Waals surface area contributed by atoms with Crippen LogP contribution >= 0.6 is 0 Å². The second-order valence-electron chi connectivity index (χ2n) is 15.3. The number of alkyl halides is 13. The number of phenolic OH excluding ortho intramolecular Hbond substituents is 1. The largest absolute Gasteiger partial charge is 0.508 e. The van der Waals surface area contributed by atoms with Gasteiger partial charge in [-0.05, 0) is 113 Å². The maximum Gasteiger partial charge on any atom is 0.460 e. The average Bonchev–Trinajstić information content (AvgIpc) is 3.28. The van der Waals surface area contributed by atoms with Crippen molar-refractivity contribution in [3.8, 4) is 5.75 Å². The molecule has 2 N–H and O–H groups in total. The molecule has 0 saturated heterocycles. The van der Waals surface area contributed by atoms with Gasteiger partial charge in [0.2, 0.25) is 0 Å². The first kappa shape index (κ1) is 41.8. The molecule has 3 nitrogen and oxygen atoms in total. The molecular weight excluding hydrogens is 713 g/mol. The second-order valence-corrected chi connectivity index (χ2v) is 15.3. The van der Waals surface area contributed by atoms with Crippen LogP contribution in [0.2, 0.25) is 0 Å². The van der Waals surface area contributed by atoms with E-state index in [1.54, 1.807) is 19.2 Å². The van der Waals surface area contributed by atoms with Crippen LogP contribution in [0.4, 0.5) is 57.1 Å². The lowest BCUT2D eigenvalue weighted by Gasteiger charge is -2.56. The number of unbranched alkanes of at least 4 members (excludes halogenated alkanes) is 5. The number of nitrogens with zero attached hydrogens (tertiary/aromatic N) is 1. The number of benzene rings is 1. The Hall–Kier alpha value is -1.97. The predicted octanol–water partition coefficient (Wildman–Crippen LogP) is 10.6. The van der Waals surface area contributed by atoms with Crippen molar-refractivity contribution in [2.45, 2.75) is 138 Å². The van der Waals surface area contributed by atoms with Crippen molar-refractivity contribution in [1.82, 2.24) is 4.90 Å². The van der Waals surface area contributed by atoms with Gasteiger partial charge in [-0.25, -0.2) is 4.39 Å². The van der Waals surface area contributed by atoms with E-state index in [0.29, 0.717) is 50.8 Å². The third-order valence-corrected chi connectivity index (χ3v) is 12.1. The number of hydrogen-bond donors (Lipinski definition) is 2. The summed E-state index contributed by atoms with van der Waals surface area (Å²) in [6.07, 6.45) is -12.8. The van der Waals surface area contributed by atoms with E-state index in [-0.39, 0.29) is 30.9 Å². The summed E-state index contributed by atoms with van der Waals surface area (Å²) in [5, 5.41) is 21.1. The molecule has 0 amide bonds. The van der Waals surface area contributed by atoms with Gasteiger partial charge in [-0.1, -0.05) is 38.7 Å². The van der Waals surface area contributed by atoms with Crippen LogP contribution in [0.15, 0.2) is 18.2 Å². The van der Waals surface area contributed by atoms with Gasteiger partial charge >= 0.3 is 30.1 Å². The minimum absolute atomic E-state index is 0.0161. The van der Waals surface area contributed by atoms with Crippen LogP contribution in [0, 0.1) is 23.2 Å². The highest BCUT2D eigenvalue weighted by molar-refractivity contribution is 5.42. The number of aliphatic hydroxyl groups is 1. The Bertz CT molecular complexity index is 1340. The second kappa shape index (κ2) is 14.7. The monoisotopic (exact) mass is 759 g/mol. The SMILES string of the molecule is CN(CCCCCCC(F)(F)C(F)(F)C(F)(F)C(F)(F)F)CCCCC[C@@H]1Cc2cc(O)ccc2[C@H]2C(F)C[C@@]3(C)[C@@H](CC[C@@]3(O)C(F)(F)F)[C@H]12. The maximum atomic E-state index is 16.1. The molecule has 1 aromatic carbocycles. The van der Waals surface area contributed by atoms with E-state index in [1.807, 2.05) is 4.90 Å². The molecule has 4 rings (SSSR count). The molecule has 1 aromatic rings. The summed E-state index contributed by atoms with van der Waals surface area (Å²) >= 11 is 0. The van der Waals surface area contributed by atoms with Crippen molar-refractivity contribution in [1.29, 1.82) is 0 Å². The third-order valence-electron chi connectivity index (χ3n) is 12.1. The van der Waals surface area contributed by atoms with Crippen LogP contribution in [-0.4, -0.2) is 77.1 Å². The predicted molar refractivity (Wildman–Crippen MR) is 163 cm³/mol. The fourth-order valence-electron chi connectivity index (χ4n) is 9.26. The molecule has 3 aliphatic rings. The van der Waals surface area contributed by atoms with E-state index < -0.39 is 90.7 Å². The number of aromatic hydroxyl groups is 1. The first-order valence-corrected chi connectivity index (χ1v) is 17.5. The molecule has 0 aromatic heterocycles. The van der Waals surface area contributed by atoms with E-state index in [2.05, 4.69) is 0 Å².